The lowest BCUT2D eigenvalue weighted by Crippen LogP contribution is -2.13. The number of aryl methyl sites for hydroxylation is 1. The lowest BCUT2D eigenvalue weighted by molar-refractivity contribution is -0.137. The minimum atomic E-state index is -4.43. The summed E-state index contributed by atoms with van der Waals surface area (Å²) < 4.78 is 37.7. The number of nitrogens with zero attached hydrogens (tertiary/aromatic N) is 1. The molecule has 2 N–H and O–H groups in total. The van der Waals surface area contributed by atoms with Crippen LogP contribution in [0.25, 0.3) is 0 Å². The number of amides is 1. The number of hydrogen-bond acceptors (Lipinski definition) is 3. The van der Waals surface area contributed by atoms with Crippen LogP contribution in [0.3, 0.4) is 0 Å². The van der Waals surface area contributed by atoms with Gasteiger partial charge >= 0.3 is 6.18 Å². The third kappa shape index (κ3) is 5.09. The molecule has 0 spiro atoms. The first-order valence-electron chi connectivity index (χ1n) is 8.55. The summed E-state index contributed by atoms with van der Waals surface area (Å²) in [6, 6.07) is 15.5. The van der Waals surface area contributed by atoms with Crippen LogP contribution in [0.4, 0.5) is 24.7 Å². The summed E-state index contributed by atoms with van der Waals surface area (Å²) in [6.07, 6.45) is -2.94. The van der Waals surface area contributed by atoms with Crippen LogP contribution < -0.4 is 10.6 Å². The zero-order valence-corrected chi connectivity index (χ0v) is 15.0. The fraction of sp³-hybridized carbons (Fsp3) is 0.143. The highest BCUT2D eigenvalue weighted by Gasteiger charge is 2.30. The molecule has 1 aromatic heterocycles. The summed E-state index contributed by atoms with van der Waals surface area (Å²) >= 11 is 0. The van der Waals surface area contributed by atoms with Gasteiger partial charge in [-0.1, -0.05) is 29.8 Å². The molecule has 0 radical (unpaired) electrons. The van der Waals surface area contributed by atoms with E-state index in [-0.39, 0.29) is 5.56 Å². The predicted molar refractivity (Wildman–Crippen MR) is 102 cm³/mol. The van der Waals surface area contributed by atoms with Crippen LogP contribution in [-0.2, 0) is 12.7 Å². The molecule has 1 heterocycles. The maximum atomic E-state index is 12.6. The molecule has 0 saturated heterocycles. The van der Waals surface area contributed by atoms with E-state index in [1.807, 2.05) is 25.1 Å². The lowest BCUT2D eigenvalue weighted by atomic mass is 10.1. The van der Waals surface area contributed by atoms with Gasteiger partial charge in [-0.3, -0.25) is 4.79 Å². The van der Waals surface area contributed by atoms with Crippen molar-refractivity contribution in [3.05, 3.63) is 89.1 Å². The van der Waals surface area contributed by atoms with E-state index in [2.05, 4.69) is 21.7 Å². The van der Waals surface area contributed by atoms with E-state index in [0.717, 1.165) is 29.8 Å². The van der Waals surface area contributed by atoms with Crippen molar-refractivity contribution < 1.29 is 18.0 Å². The van der Waals surface area contributed by atoms with Crippen LogP contribution in [-0.4, -0.2) is 10.9 Å². The quantitative estimate of drug-likeness (QED) is 0.629. The molecule has 1 amide bonds. The van der Waals surface area contributed by atoms with Crippen LogP contribution in [0, 0.1) is 6.92 Å². The number of nitrogens with one attached hydrogen (secondary N) is 2. The molecule has 2 aromatic carbocycles. The molecule has 0 unspecified atom stereocenters. The number of alkyl halides is 3. The Morgan fingerprint density at radius 3 is 2.39 bits per heavy atom. The predicted octanol–water partition coefficient (Wildman–Crippen LogP) is 5.27. The number of rotatable bonds is 5. The second-order valence-electron chi connectivity index (χ2n) is 6.30. The van der Waals surface area contributed by atoms with E-state index in [1.165, 1.54) is 11.8 Å². The molecule has 144 valence electrons. The van der Waals surface area contributed by atoms with Crippen LogP contribution in [0.5, 0.6) is 0 Å². The number of halogens is 3. The fourth-order valence-electron chi connectivity index (χ4n) is 2.60. The van der Waals surface area contributed by atoms with Crippen molar-refractivity contribution in [1.29, 1.82) is 0 Å². The minimum absolute atomic E-state index is 0.134. The van der Waals surface area contributed by atoms with Crippen molar-refractivity contribution in [2.45, 2.75) is 19.6 Å². The molecule has 7 heteroatoms. The molecule has 3 rings (SSSR count). The molecule has 0 fully saturated rings. The highest BCUT2D eigenvalue weighted by Crippen LogP contribution is 2.29. The first kappa shape index (κ1) is 19.4. The van der Waals surface area contributed by atoms with Crippen LogP contribution in [0.2, 0.25) is 0 Å². The Labute approximate surface area is 160 Å². The fourth-order valence-corrected chi connectivity index (χ4v) is 2.60. The Balaban J connectivity index is 1.58. The zero-order chi connectivity index (χ0) is 20.1. The molecule has 3 aromatic rings. The van der Waals surface area contributed by atoms with E-state index in [1.54, 1.807) is 12.1 Å². The van der Waals surface area contributed by atoms with E-state index < -0.39 is 17.6 Å². The van der Waals surface area contributed by atoms with Gasteiger partial charge in [-0.05, 0) is 48.9 Å². The number of benzene rings is 2. The first-order chi connectivity index (χ1) is 13.3. The molecule has 0 bridgehead atoms. The number of hydrogen-bond donors (Lipinski definition) is 2. The smallest absolute Gasteiger partial charge is 0.366 e. The van der Waals surface area contributed by atoms with E-state index in [4.69, 9.17) is 0 Å². The summed E-state index contributed by atoms with van der Waals surface area (Å²) in [5, 5.41) is 5.80. The van der Waals surface area contributed by atoms with Gasteiger partial charge in [0.25, 0.3) is 5.91 Å². The number of aromatic nitrogens is 1. The molecule has 0 saturated carbocycles. The summed E-state index contributed by atoms with van der Waals surface area (Å²) in [5.74, 6) is 0.144. The summed E-state index contributed by atoms with van der Waals surface area (Å²) in [6.45, 7) is 2.64. The monoisotopic (exact) mass is 385 g/mol. The van der Waals surface area contributed by atoms with Crippen molar-refractivity contribution >= 4 is 17.4 Å². The Morgan fingerprint density at radius 2 is 1.79 bits per heavy atom. The Kier molecular flexibility index (Phi) is 5.63. The van der Waals surface area contributed by atoms with Crippen molar-refractivity contribution in [3.63, 3.8) is 0 Å². The average molecular weight is 385 g/mol. The second-order valence-corrected chi connectivity index (χ2v) is 6.30. The van der Waals surface area contributed by atoms with Gasteiger partial charge in [0.2, 0.25) is 0 Å². The normalized spacial score (nSPS) is 11.1. The standard InChI is InChI=1S/C21H18F3N3O/c1-14-3-2-4-15(11-14)12-25-19-10-9-18(13-26-19)27-20(28)16-5-7-17(8-6-16)21(22,23)24/h2-11,13H,12H2,1H3,(H,25,26)(H,27,28). The largest absolute Gasteiger partial charge is 0.416 e. The van der Waals surface area contributed by atoms with Gasteiger partial charge in [0.1, 0.15) is 5.82 Å². The lowest BCUT2D eigenvalue weighted by Gasteiger charge is -2.09. The highest BCUT2D eigenvalue weighted by molar-refractivity contribution is 6.04. The summed E-state index contributed by atoms with van der Waals surface area (Å²) in [5.41, 5.74) is 2.09. The third-order valence-electron chi connectivity index (χ3n) is 4.05. The highest BCUT2D eigenvalue weighted by atomic mass is 19.4. The maximum absolute atomic E-state index is 12.6. The number of carbonyl (C=O) groups excluding carboxylic acids is 1. The van der Waals surface area contributed by atoms with Crippen LogP contribution >= 0.6 is 0 Å². The first-order valence-corrected chi connectivity index (χ1v) is 8.55. The molecule has 0 aliphatic heterocycles. The van der Waals surface area contributed by atoms with Gasteiger partial charge in [-0.25, -0.2) is 4.98 Å². The Morgan fingerprint density at radius 1 is 1.04 bits per heavy atom. The SMILES string of the molecule is Cc1cccc(CNc2ccc(NC(=O)c3ccc(C(F)(F)F)cc3)cn2)c1. The second kappa shape index (κ2) is 8.12. The van der Waals surface area contributed by atoms with Gasteiger partial charge in [-0.15, -0.1) is 0 Å². The van der Waals surface area contributed by atoms with Gasteiger partial charge in [0, 0.05) is 12.1 Å². The number of carbonyl (C=O) groups is 1. The average Bonchev–Trinajstić information content (AvgIpc) is 2.67. The molecule has 28 heavy (non-hydrogen) atoms. The minimum Gasteiger partial charge on any atom is -0.366 e. The molecule has 0 aliphatic carbocycles. The van der Waals surface area contributed by atoms with Crippen molar-refractivity contribution in [3.8, 4) is 0 Å². The van der Waals surface area contributed by atoms with Gasteiger partial charge in [0.15, 0.2) is 0 Å². The van der Waals surface area contributed by atoms with Crippen molar-refractivity contribution in [1.82, 2.24) is 4.98 Å². The Bertz CT molecular complexity index is 952. The third-order valence-corrected chi connectivity index (χ3v) is 4.05. The van der Waals surface area contributed by atoms with Crippen LogP contribution in [0.1, 0.15) is 27.0 Å². The van der Waals surface area contributed by atoms with Gasteiger partial charge in [-0.2, -0.15) is 13.2 Å². The zero-order valence-electron chi connectivity index (χ0n) is 15.0. The number of pyridine rings is 1. The van der Waals surface area contributed by atoms with Crippen molar-refractivity contribution in [2.24, 2.45) is 0 Å². The van der Waals surface area contributed by atoms with E-state index in [9.17, 15) is 18.0 Å². The molecule has 0 atom stereocenters. The summed E-state index contributed by atoms with van der Waals surface area (Å²) in [4.78, 5) is 16.4. The molecular weight excluding hydrogens is 367 g/mol. The number of anilines is 2. The van der Waals surface area contributed by atoms with Gasteiger partial charge in [0.05, 0.1) is 17.4 Å². The van der Waals surface area contributed by atoms with Crippen LogP contribution in [0.15, 0.2) is 66.9 Å². The van der Waals surface area contributed by atoms with E-state index in [0.29, 0.717) is 18.1 Å². The summed E-state index contributed by atoms with van der Waals surface area (Å²) in [7, 11) is 0. The topological polar surface area (TPSA) is 54.0 Å². The van der Waals surface area contributed by atoms with E-state index >= 15 is 0 Å². The molecule has 0 aliphatic rings. The molecular formula is C21H18F3N3O. The maximum Gasteiger partial charge on any atom is 0.416 e. The van der Waals surface area contributed by atoms with Crippen molar-refractivity contribution in [2.75, 3.05) is 10.6 Å². The Hall–Kier alpha value is -3.35. The van der Waals surface area contributed by atoms with Gasteiger partial charge < -0.3 is 10.6 Å². The molecule has 4 nitrogen and oxygen atoms in total.